The minimum Gasteiger partial charge on any atom is -0.385 e. The molecule has 0 spiro atoms. The minimum atomic E-state index is 0.425. The number of hydrogen-bond acceptors (Lipinski definition) is 2. The third-order valence-electron chi connectivity index (χ3n) is 2.85. The highest BCUT2D eigenvalue weighted by Gasteiger charge is 2.19. The summed E-state index contributed by atoms with van der Waals surface area (Å²) in [5.41, 5.74) is 0. The molecule has 2 nitrogen and oxygen atoms in total. The summed E-state index contributed by atoms with van der Waals surface area (Å²) < 4.78 is 4.99. The standard InChI is InChI=1S/C11H22ClNO/c1-14-7-3-6-13-9-10-4-2-5-11(12)8-10/h10-11,13H,2-9H2,1H3. The van der Waals surface area contributed by atoms with Crippen LogP contribution in [0.5, 0.6) is 0 Å². The fourth-order valence-corrected chi connectivity index (χ4v) is 2.46. The van der Waals surface area contributed by atoms with Crippen LogP contribution in [-0.2, 0) is 4.74 Å². The third-order valence-corrected chi connectivity index (χ3v) is 3.25. The van der Waals surface area contributed by atoms with Crippen molar-refractivity contribution in [2.75, 3.05) is 26.8 Å². The van der Waals surface area contributed by atoms with Crippen molar-refractivity contribution in [3.8, 4) is 0 Å². The van der Waals surface area contributed by atoms with E-state index in [9.17, 15) is 0 Å². The highest BCUT2D eigenvalue weighted by Crippen LogP contribution is 2.27. The Morgan fingerprint density at radius 2 is 2.29 bits per heavy atom. The van der Waals surface area contributed by atoms with Gasteiger partial charge in [0, 0.05) is 19.1 Å². The molecule has 84 valence electrons. The van der Waals surface area contributed by atoms with Gasteiger partial charge >= 0.3 is 0 Å². The number of ether oxygens (including phenoxy) is 1. The van der Waals surface area contributed by atoms with E-state index in [0.717, 1.165) is 32.0 Å². The van der Waals surface area contributed by atoms with E-state index in [-0.39, 0.29) is 0 Å². The highest BCUT2D eigenvalue weighted by atomic mass is 35.5. The van der Waals surface area contributed by atoms with Gasteiger partial charge in [-0.25, -0.2) is 0 Å². The molecule has 1 N–H and O–H groups in total. The van der Waals surface area contributed by atoms with Crippen LogP contribution in [0, 0.1) is 5.92 Å². The summed E-state index contributed by atoms with van der Waals surface area (Å²) >= 11 is 6.13. The molecule has 1 rings (SSSR count). The van der Waals surface area contributed by atoms with Gasteiger partial charge in [-0.3, -0.25) is 0 Å². The molecule has 0 bridgehead atoms. The molecule has 3 heteroatoms. The first kappa shape index (κ1) is 12.3. The molecule has 1 aliphatic carbocycles. The van der Waals surface area contributed by atoms with E-state index in [0.29, 0.717) is 5.38 Å². The van der Waals surface area contributed by atoms with Gasteiger partial charge in [-0.05, 0) is 44.7 Å². The first-order chi connectivity index (χ1) is 6.83. The van der Waals surface area contributed by atoms with E-state index < -0.39 is 0 Å². The lowest BCUT2D eigenvalue weighted by atomic mass is 9.89. The molecule has 1 fully saturated rings. The molecular formula is C11H22ClNO. The molecule has 2 unspecified atom stereocenters. The zero-order valence-corrected chi connectivity index (χ0v) is 9.85. The van der Waals surface area contributed by atoms with Crippen molar-refractivity contribution < 1.29 is 4.74 Å². The molecule has 0 amide bonds. The summed E-state index contributed by atoms with van der Waals surface area (Å²) in [4.78, 5) is 0. The number of halogens is 1. The predicted molar refractivity (Wildman–Crippen MR) is 61.0 cm³/mol. The number of rotatable bonds is 6. The fourth-order valence-electron chi connectivity index (χ4n) is 2.06. The second kappa shape index (κ2) is 7.49. The Hall–Kier alpha value is 0.210. The summed E-state index contributed by atoms with van der Waals surface area (Å²) in [6.45, 7) is 3.06. The average molecular weight is 220 g/mol. The lowest BCUT2D eigenvalue weighted by molar-refractivity contribution is 0.193. The Kier molecular flexibility index (Phi) is 6.57. The first-order valence-electron chi connectivity index (χ1n) is 5.66. The lowest BCUT2D eigenvalue weighted by Gasteiger charge is -2.25. The molecule has 0 heterocycles. The summed E-state index contributed by atoms with van der Waals surface area (Å²) in [5, 5.41) is 3.90. The Labute approximate surface area is 92.3 Å². The van der Waals surface area contributed by atoms with Gasteiger partial charge in [0.15, 0.2) is 0 Å². The molecule has 0 aromatic carbocycles. The van der Waals surface area contributed by atoms with Crippen LogP contribution in [0.25, 0.3) is 0 Å². The summed E-state index contributed by atoms with van der Waals surface area (Å²) in [7, 11) is 1.75. The summed E-state index contributed by atoms with van der Waals surface area (Å²) in [5.74, 6) is 0.800. The zero-order valence-electron chi connectivity index (χ0n) is 9.10. The number of methoxy groups -OCH3 is 1. The molecule has 14 heavy (non-hydrogen) atoms. The zero-order chi connectivity index (χ0) is 10.2. The van der Waals surface area contributed by atoms with Crippen molar-refractivity contribution in [3.05, 3.63) is 0 Å². The van der Waals surface area contributed by atoms with Crippen LogP contribution in [0.15, 0.2) is 0 Å². The number of alkyl halides is 1. The summed E-state index contributed by atoms with van der Waals surface area (Å²) in [6.07, 6.45) is 6.16. The van der Waals surface area contributed by atoms with Crippen LogP contribution in [0.3, 0.4) is 0 Å². The van der Waals surface area contributed by atoms with Gasteiger partial charge in [0.2, 0.25) is 0 Å². The first-order valence-corrected chi connectivity index (χ1v) is 6.10. The maximum atomic E-state index is 6.13. The normalized spacial score (nSPS) is 27.9. The van der Waals surface area contributed by atoms with Gasteiger partial charge in [-0.15, -0.1) is 11.6 Å². The molecule has 0 saturated heterocycles. The molecule has 1 aliphatic rings. The minimum absolute atomic E-state index is 0.425. The van der Waals surface area contributed by atoms with E-state index in [1.165, 1.54) is 25.7 Å². The largest absolute Gasteiger partial charge is 0.385 e. The predicted octanol–water partition coefficient (Wildman–Crippen LogP) is 2.41. The van der Waals surface area contributed by atoms with Crippen LogP contribution in [0.4, 0.5) is 0 Å². The van der Waals surface area contributed by atoms with Crippen molar-refractivity contribution in [1.29, 1.82) is 0 Å². The van der Waals surface area contributed by atoms with Crippen LogP contribution >= 0.6 is 11.6 Å². The second-order valence-electron chi connectivity index (χ2n) is 4.18. The van der Waals surface area contributed by atoms with Crippen molar-refractivity contribution in [2.45, 2.75) is 37.5 Å². The van der Waals surface area contributed by atoms with Crippen LogP contribution < -0.4 is 5.32 Å². The molecule has 2 atom stereocenters. The molecule has 0 radical (unpaired) electrons. The Morgan fingerprint density at radius 3 is 3.00 bits per heavy atom. The van der Waals surface area contributed by atoms with Gasteiger partial charge in [0.25, 0.3) is 0 Å². The van der Waals surface area contributed by atoms with E-state index in [1.54, 1.807) is 7.11 Å². The van der Waals surface area contributed by atoms with Gasteiger partial charge in [0.05, 0.1) is 0 Å². The molecule has 0 aromatic rings. The van der Waals surface area contributed by atoms with E-state index in [4.69, 9.17) is 16.3 Å². The number of hydrogen-bond donors (Lipinski definition) is 1. The van der Waals surface area contributed by atoms with Crippen molar-refractivity contribution in [1.82, 2.24) is 5.32 Å². The maximum absolute atomic E-state index is 6.13. The average Bonchev–Trinajstić information content (AvgIpc) is 2.18. The Bertz CT molecular complexity index is 143. The SMILES string of the molecule is COCCCNCC1CCCC(Cl)C1. The highest BCUT2D eigenvalue weighted by molar-refractivity contribution is 6.20. The Morgan fingerprint density at radius 1 is 1.43 bits per heavy atom. The fraction of sp³-hybridized carbons (Fsp3) is 1.00. The van der Waals surface area contributed by atoms with E-state index in [1.807, 2.05) is 0 Å². The topological polar surface area (TPSA) is 21.3 Å². The van der Waals surface area contributed by atoms with Crippen molar-refractivity contribution in [3.63, 3.8) is 0 Å². The van der Waals surface area contributed by atoms with Gasteiger partial charge in [-0.2, -0.15) is 0 Å². The quantitative estimate of drug-likeness (QED) is 0.547. The third kappa shape index (κ3) is 5.18. The van der Waals surface area contributed by atoms with Crippen molar-refractivity contribution in [2.24, 2.45) is 5.92 Å². The monoisotopic (exact) mass is 219 g/mol. The molecule has 0 aromatic heterocycles. The Balaban J connectivity index is 1.95. The molecule has 1 saturated carbocycles. The van der Waals surface area contributed by atoms with Crippen LogP contribution in [0.1, 0.15) is 32.1 Å². The second-order valence-corrected chi connectivity index (χ2v) is 4.80. The lowest BCUT2D eigenvalue weighted by Crippen LogP contribution is -2.28. The smallest absolute Gasteiger partial charge is 0.0474 e. The van der Waals surface area contributed by atoms with Gasteiger partial charge in [-0.1, -0.05) is 6.42 Å². The van der Waals surface area contributed by atoms with Crippen LogP contribution in [-0.4, -0.2) is 32.2 Å². The maximum Gasteiger partial charge on any atom is 0.0474 e. The molecule has 0 aliphatic heterocycles. The van der Waals surface area contributed by atoms with Crippen LogP contribution in [0.2, 0.25) is 0 Å². The van der Waals surface area contributed by atoms with Gasteiger partial charge in [0.1, 0.15) is 0 Å². The number of nitrogens with one attached hydrogen (secondary N) is 1. The summed E-state index contributed by atoms with van der Waals surface area (Å²) in [6, 6.07) is 0. The van der Waals surface area contributed by atoms with E-state index >= 15 is 0 Å². The van der Waals surface area contributed by atoms with Gasteiger partial charge < -0.3 is 10.1 Å². The van der Waals surface area contributed by atoms with E-state index in [2.05, 4.69) is 5.32 Å². The van der Waals surface area contributed by atoms with Crippen molar-refractivity contribution >= 4 is 11.6 Å². The molecular weight excluding hydrogens is 198 g/mol.